The van der Waals surface area contributed by atoms with Gasteiger partial charge in [0.1, 0.15) is 12.1 Å². The monoisotopic (exact) mass is 293 g/mol. The fraction of sp³-hybridized carbons (Fsp3) is 0.308. The number of hydrogen-bond acceptors (Lipinski definition) is 5. The normalized spacial score (nSPS) is 19.2. The number of carbonyl (C=O) groups is 2. The van der Waals surface area contributed by atoms with Gasteiger partial charge >= 0.3 is 0 Å². The fourth-order valence-corrected chi connectivity index (χ4v) is 2.71. The van der Waals surface area contributed by atoms with Gasteiger partial charge < -0.3 is 16.2 Å². The first-order chi connectivity index (χ1) is 9.58. The van der Waals surface area contributed by atoms with Gasteiger partial charge in [-0.2, -0.15) is 0 Å². The summed E-state index contributed by atoms with van der Waals surface area (Å²) in [5.74, 6) is -0.633. The molecule has 0 spiro atoms. The number of nitrogens with one attached hydrogen (secondary N) is 1. The van der Waals surface area contributed by atoms with Crippen LogP contribution in [0.4, 0.5) is 0 Å². The first kappa shape index (κ1) is 14.5. The van der Waals surface area contributed by atoms with Crippen molar-refractivity contribution in [2.45, 2.75) is 12.1 Å². The molecule has 1 aliphatic rings. The molecular formula is C13H15N3O3S. The molecule has 4 N–H and O–H groups in total. The number of rotatable bonds is 5. The Kier molecular flexibility index (Phi) is 4.75. The number of primary amides is 1. The molecule has 0 aromatic heterocycles. The summed E-state index contributed by atoms with van der Waals surface area (Å²) in [5, 5.41) is 12.5. The van der Waals surface area contributed by atoms with Gasteiger partial charge in [0.25, 0.3) is 0 Å². The molecule has 106 valence electrons. The van der Waals surface area contributed by atoms with Crippen LogP contribution in [0.3, 0.4) is 0 Å². The maximum absolute atomic E-state index is 11.9. The molecule has 2 rings (SSSR count). The van der Waals surface area contributed by atoms with Crippen molar-refractivity contribution < 1.29 is 14.7 Å². The van der Waals surface area contributed by atoms with E-state index in [0.29, 0.717) is 5.75 Å². The molecule has 0 saturated heterocycles. The third-order valence-corrected chi connectivity index (χ3v) is 3.87. The van der Waals surface area contributed by atoms with E-state index in [2.05, 4.69) is 10.3 Å². The van der Waals surface area contributed by atoms with Crippen LogP contribution < -0.4 is 11.1 Å². The van der Waals surface area contributed by atoms with E-state index in [-0.39, 0.29) is 12.5 Å². The van der Waals surface area contributed by atoms with E-state index in [9.17, 15) is 14.7 Å². The van der Waals surface area contributed by atoms with E-state index in [4.69, 9.17) is 5.73 Å². The Morgan fingerprint density at radius 2 is 2.15 bits per heavy atom. The summed E-state index contributed by atoms with van der Waals surface area (Å²) in [6.45, 7) is -0.189. The number of nitrogens with two attached hydrogens (primary N) is 1. The lowest BCUT2D eigenvalue weighted by Gasteiger charge is -2.10. The van der Waals surface area contributed by atoms with E-state index in [0.717, 1.165) is 10.6 Å². The molecule has 1 aromatic rings. The molecule has 2 atom stereocenters. The molecule has 1 aromatic carbocycles. The first-order valence-corrected chi connectivity index (χ1v) is 7.07. The number of hydrogen-bond donors (Lipinski definition) is 3. The Bertz CT molecular complexity index is 533. The van der Waals surface area contributed by atoms with Gasteiger partial charge in [-0.1, -0.05) is 30.3 Å². The summed E-state index contributed by atoms with van der Waals surface area (Å²) >= 11 is 1.51. The predicted molar refractivity (Wildman–Crippen MR) is 77.4 cm³/mol. The zero-order chi connectivity index (χ0) is 14.5. The average Bonchev–Trinajstić information content (AvgIpc) is 2.95. The Morgan fingerprint density at radius 3 is 2.80 bits per heavy atom. The minimum atomic E-state index is -1.37. The van der Waals surface area contributed by atoms with Gasteiger partial charge in [-0.25, -0.2) is 0 Å². The lowest BCUT2D eigenvalue weighted by atomic mass is 10.2. The van der Waals surface area contributed by atoms with E-state index < -0.39 is 18.1 Å². The fourth-order valence-electron chi connectivity index (χ4n) is 1.66. The first-order valence-electron chi connectivity index (χ1n) is 6.09. The van der Waals surface area contributed by atoms with Crippen molar-refractivity contribution in [3.05, 3.63) is 35.9 Å². The molecular weight excluding hydrogens is 278 g/mol. The summed E-state index contributed by atoms with van der Waals surface area (Å²) in [7, 11) is 0. The molecule has 0 bridgehead atoms. The van der Waals surface area contributed by atoms with Crippen LogP contribution in [0.1, 0.15) is 5.56 Å². The lowest BCUT2D eigenvalue weighted by molar-refractivity contribution is -0.127. The van der Waals surface area contributed by atoms with Gasteiger partial charge in [0.2, 0.25) is 11.8 Å². The van der Waals surface area contributed by atoms with Crippen molar-refractivity contribution in [3.8, 4) is 0 Å². The Morgan fingerprint density at radius 1 is 1.45 bits per heavy atom. The van der Waals surface area contributed by atoms with Gasteiger partial charge in [0.15, 0.2) is 0 Å². The summed E-state index contributed by atoms with van der Waals surface area (Å²) in [6.07, 6.45) is -1.37. The van der Waals surface area contributed by atoms with Crippen LogP contribution in [-0.2, 0) is 9.59 Å². The van der Waals surface area contributed by atoms with E-state index >= 15 is 0 Å². The molecule has 0 fully saturated rings. The number of amides is 2. The topological polar surface area (TPSA) is 105 Å². The Labute approximate surface area is 120 Å². The summed E-state index contributed by atoms with van der Waals surface area (Å²) in [4.78, 5) is 26.9. The molecule has 0 saturated carbocycles. The molecule has 0 radical (unpaired) electrons. The summed E-state index contributed by atoms with van der Waals surface area (Å²) in [6, 6.07) is 9.10. The lowest BCUT2D eigenvalue weighted by Crippen LogP contribution is -2.43. The second-order valence-electron chi connectivity index (χ2n) is 4.29. The summed E-state index contributed by atoms with van der Waals surface area (Å²) in [5.41, 5.74) is 5.88. The van der Waals surface area contributed by atoms with Gasteiger partial charge in [-0.05, 0) is 0 Å². The molecule has 2 unspecified atom stereocenters. The Balaban J connectivity index is 1.93. The van der Waals surface area contributed by atoms with Gasteiger partial charge in [0.05, 0.1) is 11.6 Å². The van der Waals surface area contributed by atoms with E-state index in [1.807, 2.05) is 30.3 Å². The molecule has 7 heteroatoms. The van der Waals surface area contributed by atoms with Crippen LogP contribution in [0.25, 0.3) is 0 Å². The molecule has 20 heavy (non-hydrogen) atoms. The van der Waals surface area contributed by atoms with Crippen molar-refractivity contribution in [2.24, 2.45) is 10.7 Å². The van der Waals surface area contributed by atoms with Crippen LogP contribution in [0.15, 0.2) is 35.3 Å². The summed E-state index contributed by atoms with van der Waals surface area (Å²) < 4.78 is 0. The zero-order valence-electron chi connectivity index (χ0n) is 10.7. The van der Waals surface area contributed by atoms with Gasteiger partial charge in [0, 0.05) is 11.3 Å². The SMILES string of the molecule is NC(=O)C(O)CNC(=O)C1CSC(c2ccccc2)=N1. The van der Waals surface area contributed by atoms with Crippen LogP contribution in [0.5, 0.6) is 0 Å². The number of benzene rings is 1. The van der Waals surface area contributed by atoms with Crippen molar-refractivity contribution >= 4 is 28.6 Å². The highest BCUT2D eigenvalue weighted by Gasteiger charge is 2.26. The average molecular weight is 293 g/mol. The number of carbonyl (C=O) groups excluding carboxylic acids is 2. The van der Waals surface area contributed by atoms with Crippen LogP contribution in [-0.4, -0.2) is 46.4 Å². The maximum atomic E-state index is 11.9. The molecule has 2 amide bonds. The number of aliphatic hydroxyl groups excluding tert-OH is 1. The van der Waals surface area contributed by atoms with Crippen molar-refractivity contribution in [1.82, 2.24) is 5.32 Å². The highest BCUT2D eigenvalue weighted by atomic mass is 32.2. The highest BCUT2D eigenvalue weighted by Crippen LogP contribution is 2.23. The molecule has 0 aliphatic carbocycles. The van der Waals surface area contributed by atoms with Crippen LogP contribution in [0.2, 0.25) is 0 Å². The molecule has 1 aliphatic heterocycles. The van der Waals surface area contributed by atoms with Gasteiger partial charge in [-0.15, -0.1) is 11.8 Å². The highest BCUT2D eigenvalue weighted by molar-refractivity contribution is 8.14. The van der Waals surface area contributed by atoms with Crippen molar-refractivity contribution in [2.75, 3.05) is 12.3 Å². The standard InChI is InChI=1S/C13H15N3O3S/c14-11(18)10(17)6-15-12(19)9-7-20-13(16-9)8-4-2-1-3-5-8/h1-5,9-10,17H,6-7H2,(H2,14,18)(H,15,19). The minimum Gasteiger partial charge on any atom is -0.381 e. The number of aliphatic imine (C=N–C) groups is 1. The van der Waals surface area contributed by atoms with Crippen LogP contribution >= 0.6 is 11.8 Å². The molecule has 1 heterocycles. The predicted octanol–water partition coefficient (Wildman–Crippen LogP) is -0.489. The smallest absolute Gasteiger partial charge is 0.248 e. The van der Waals surface area contributed by atoms with Crippen molar-refractivity contribution in [1.29, 1.82) is 0 Å². The quantitative estimate of drug-likeness (QED) is 0.681. The number of nitrogens with zero attached hydrogens (tertiary/aromatic N) is 1. The number of aliphatic hydroxyl groups is 1. The van der Waals surface area contributed by atoms with Gasteiger partial charge in [-0.3, -0.25) is 14.6 Å². The maximum Gasteiger partial charge on any atom is 0.248 e. The number of thioether (sulfide) groups is 1. The van der Waals surface area contributed by atoms with E-state index in [1.165, 1.54) is 11.8 Å². The zero-order valence-corrected chi connectivity index (χ0v) is 11.5. The largest absolute Gasteiger partial charge is 0.381 e. The third kappa shape index (κ3) is 3.58. The molecule has 6 nitrogen and oxygen atoms in total. The van der Waals surface area contributed by atoms with Crippen molar-refractivity contribution in [3.63, 3.8) is 0 Å². The second kappa shape index (κ2) is 6.53. The van der Waals surface area contributed by atoms with E-state index in [1.54, 1.807) is 0 Å². The third-order valence-electron chi connectivity index (χ3n) is 2.77. The minimum absolute atomic E-state index is 0.189. The second-order valence-corrected chi connectivity index (χ2v) is 5.30. The van der Waals surface area contributed by atoms with Crippen LogP contribution in [0, 0.1) is 0 Å². The Hall–Kier alpha value is -1.86.